The predicted molar refractivity (Wildman–Crippen MR) is 53.3 cm³/mol. The van der Waals surface area contributed by atoms with Crippen LogP contribution >= 0.6 is 0 Å². The Morgan fingerprint density at radius 3 is 2.53 bits per heavy atom. The third kappa shape index (κ3) is 1.69. The van der Waals surface area contributed by atoms with Crippen LogP contribution < -0.4 is 0 Å². The zero-order valence-electron chi connectivity index (χ0n) is 8.31. The lowest BCUT2D eigenvalue weighted by atomic mass is 10.0. The van der Waals surface area contributed by atoms with E-state index < -0.39 is 11.6 Å². The van der Waals surface area contributed by atoms with E-state index in [-0.39, 0.29) is 11.3 Å². The molecule has 0 aliphatic heterocycles. The number of aryl methyl sites for hydroxylation is 1. The molecule has 0 radical (unpaired) electrons. The van der Waals surface area contributed by atoms with Crippen LogP contribution in [0.5, 0.6) is 0 Å². The molecule has 15 heavy (non-hydrogen) atoms. The fourth-order valence-electron chi connectivity index (χ4n) is 1.74. The van der Waals surface area contributed by atoms with Crippen LogP contribution in [0, 0.1) is 18.6 Å². The molecule has 0 unspecified atom stereocenters. The van der Waals surface area contributed by atoms with Gasteiger partial charge in [0.05, 0.1) is 0 Å². The molecule has 0 heterocycles. The molecule has 0 bridgehead atoms. The maximum absolute atomic E-state index is 13.6. The molecule has 78 valence electrons. The summed E-state index contributed by atoms with van der Waals surface area (Å²) in [6.07, 6.45) is 2.11. The van der Waals surface area contributed by atoms with E-state index in [0.717, 1.165) is 0 Å². The van der Waals surface area contributed by atoms with Gasteiger partial charge in [-0.1, -0.05) is 6.07 Å². The monoisotopic (exact) mass is 208 g/mol. The van der Waals surface area contributed by atoms with Crippen LogP contribution in [0.4, 0.5) is 8.78 Å². The van der Waals surface area contributed by atoms with Gasteiger partial charge in [-0.25, -0.2) is 8.78 Å². The largest absolute Gasteiger partial charge is 0.295 e. The number of allylic oxidation sites excluding steroid dienone is 2. The Bertz CT molecular complexity index is 461. The van der Waals surface area contributed by atoms with E-state index in [9.17, 15) is 13.6 Å². The van der Waals surface area contributed by atoms with Crippen LogP contribution in [-0.4, -0.2) is 5.78 Å². The van der Waals surface area contributed by atoms with Gasteiger partial charge in [0, 0.05) is 12.0 Å². The van der Waals surface area contributed by atoms with Gasteiger partial charge in [-0.2, -0.15) is 0 Å². The van der Waals surface area contributed by atoms with Crippen LogP contribution in [0.2, 0.25) is 0 Å². The molecule has 1 aromatic carbocycles. The fraction of sp³-hybridized carbons (Fsp3) is 0.250. The lowest BCUT2D eigenvalue weighted by Gasteiger charge is -2.07. The molecule has 3 heteroatoms. The minimum absolute atomic E-state index is 0.0409. The Kier molecular flexibility index (Phi) is 2.39. The van der Waals surface area contributed by atoms with Gasteiger partial charge in [0.15, 0.2) is 5.78 Å². The Morgan fingerprint density at radius 1 is 1.20 bits per heavy atom. The maximum Gasteiger partial charge on any atom is 0.156 e. The number of carbonyl (C=O) groups is 1. The first-order chi connectivity index (χ1) is 7.09. The molecule has 0 spiro atoms. The molecule has 1 nitrogen and oxygen atoms in total. The molecule has 0 saturated carbocycles. The van der Waals surface area contributed by atoms with Crippen LogP contribution in [0.3, 0.4) is 0 Å². The Hall–Kier alpha value is -1.51. The van der Waals surface area contributed by atoms with Crippen LogP contribution in [0.25, 0.3) is 5.57 Å². The maximum atomic E-state index is 13.6. The minimum Gasteiger partial charge on any atom is -0.295 e. The van der Waals surface area contributed by atoms with Crippen LogP contribution in [0.15, 0.2) is 18.2 Å². The lowest BCUT2D eigenvalue weighted by molar-refractivity contribution is -0.114. The van der Waals surface area contributed by atoms with Crippen molar-refractivity contribution in [2.75, 3.05) is 0 Å². The minimum atomic E-state index is -0.598. The molecule has 0 atom stereocenters. The smallest absolute Gasteiger partial charge is 0.156 e. The third-order valence-electron chi connectivity index (χ3n) is 2.58. The number of rotatable bonds is 1. The van der Waals surface area contributed by atoms with Crippen molar-refractivity contribution < 1.29 is 13.6 Å². The summed E-state index contributed by atoms with van der Waals surface area (Å²) in [6.45, 7) is 1.58. The van der Waals surface area contributed by atoms with E-state index in [0.29, 0.717) is 24.0 Å². The van der Waals surface area contributed by atoms with Gasteiger partial charge in [0.1, 0.15) is 11.6 Å². The van der Waals surface area contributed by atoms with Gasteiger partial charge in [-0.15, -0.1) is 0 Å². The van der Waals surface area contributed by atoms with Crippen molar-refractivity contribution in [3.05, 3.63) is 41.0 Å². The average Bonchev–Trinajstić information content (AvgIpc) is 2.59. The molecule has 0 N–H and O–H groups in total. The first-order valence-corrected chi connectivity index (χ1v) is 4.78. The summed E-state index contributed by atoms with van der Waals surface area (Å²) < 4.78 is 27.1. The van der Waals surface area contributed by atoms with Crippen molar-refractivity contribution in [1.82, 2.24) is 0 Å². The summed E-state index contributed by atoms with van der Waals surface area (Å²) in [4.78, 5) is 11.0. The number of halogens is 2. The number of benzene rings is 1. The van der Waals surface area contributed by atoms with E-state index in [1.165, 1.54) is 18.2 Å². The summed E-state index contributed by atoms with van der Waals surface area (Å²) in [7, 11) is 0. The summed E-state index contributed by atoms with van der Waals surface area (Å²) in [5, 5.41) is 0. The van der Waals surface area contributed by atoms with Crippen LogP contribution in [-0.2, 0) is 4.79 Å². The average molecular weight is 208 g/mol. The molecule has 2 rings (SSSR count). The molecular formula is C12H10F2O. The summed E-state index contributed by atoms with van der Waals surface area (Å²) in [5.41, 5.74) is 0.825. The normalized spacial score (nSPS) is 15.7. The van der Waals surface area contributed by atoms with Crippen molar-refractivity contribution in [3.63, 3.8) is 0 Å². The van der Waals surface area contributed by atoms with E-state index in [4.69, 9.17) is 0 Å². The van der Waals surface area contributed by atoms with E-state index in [1.807, 2.05) is 0 Å². The van der Waals surface area contributed by atoms with Gasteiger partial charge in [-0.3, -0.25) is 4.79 Å². The van der Waals surface area contributed by atoms with Crippen molar-refractivity contribution in [1.29, 1.82) is 0 Å². The second-order valence-corrected chi connectivity index (χ2v) is 3.69. The standard InChI is InChI=1S/C12H10F2O/c1-7-2-5-10(13)11(12(7)14)8-3-4-9(15)6-8/h2,5-6H,3-4H2,1H3. The molecule has 1 aromatic rings. The highest BCUT2D eigenvalue weighted by molar-refractivity contribution is 6.01. The van der Waals surface area contributed by atoms with Gasteiger partial charge in [-0.05, 0) is 36.6 Å². The van der Waals surface area contributed by atoms with Crippen LogP contribution in [0.1, 0.15) is 24.0 Å². The van der Waals surface area contributed by atoms with E-state index >= 15 is 0 Å². The molecule has 0 amide bonds. The van der Waals surface area contributed by atoms with Gasteiger partial charge < -0.3 is 0 Å². The number of ketones is 1. The van der Waals surface area contributed by atoms with Gasteiger partial charge in [0.25, 0.3) is 0 Å². The lowest BCUT2D eigenvalue weighted by Crippen LogP contribution is -1.96. The zero-order chi connectivity index (χ0) is 11.0. The number of hydrogen-bond acceptors (Lipinski definition) is 1. The molecular weight excluding hydrogens is 198 g/mol. The Labute approximate surface area is 86.4 Å². The predicted octanol–water partition coefficient (Wildman–Crippen LogP) is 3.02. The summed E-state index contributed by atoms with van der Waals surface area (Å²) in [5.74, 6) is -1.22. The second-order valence-electron chi connectivity index (χ2n) is 3.69. The van der Waals surface area contributed by atoms with Crippen molar-refractivity contribution >= 4 is 11.4 Å². The second kappa shape index (κ2) is 3.57. The molecule has 0 saturated heterocycles. The van der Waals surface area contributed by atoms with Crippen molar-refractivity contribution in [2.45, 2.75) is 19.8 Å². The highest BCUT2D eigenvalue weighted by Gasteiger charge is 2.20. The Morgan fingerprint density at radius 2 is 1.93 bits per heavy atom. The van der Waals surface area contributed by atoms with Gasteiger partial charge in [0.2, 0.25) is 0 Å². The van der Waals surface area contributed by atoms with E-state index in [2.05, 4.69) is 0 Å². The first kappa shape index (κ1) is 10.0. The fourth-order valence-corrected chi connectivity index (χ4v) is 1.74. The molecule has 0 fully saturated rings. The molecule has 1 aliphatic rings. The van der Waals surface area contributed by atoms with Gasteiger partial charge >= 0.3 is 0 Å². The number of carbonyl (C=O) groups excluding carboxylic acids is 1. The summed E-state index contributed by atoms with van der Waals surface area (Å²) in [6, 6.07) is 2.63. The third-order valence-corrected chi connectivity index (χ3v) is 2.58. The highest BCUT2D eigenvalue weighted by atomic mass is 19.1. The quantitative estimate of drug-likeness (QED) is 0.693. The van der Waals surface area contributed by atoms with Crippen molar-refractivity contribution in [2.24, 2.45) is 0 Å². The number of hydrogen-bond donors (Lipinski definition) is 0. The first-order valence-electron chi connectivity index (χ1n) is 4.78. The SMILES string of the molecule is Cc1ccc(F)c(C2=CC(=O)CC2)c1F. The van der Waals surface area contributed by atoms with Crippen molar-refractivity contribution in [3.8, 4) is 0 Å². The Balaban J connectivity index is 2.57. The molecule has 1 aliphatic carbocycles. The molecule has 0 aromatic heterocycles. The topological polar surface area (TPSA) is 17.1 Å². The zero-order valence-corrected chi connectivity index (χ0v) is 8.31. The summed E-state index contributed by atoms with van der Waals surface area (Å²) >= 11 is 0. The highest BCUT2D eigenvalue weighted by Crippen LogP contribution is 2.30. The van der Waals surface area contributed by atoms with E-state index in [1.54, 1.807) is 6.92 Å².